The Hall–Kier alpha value is -2.27. The zero-order valence-electron chi connectivity index (χ0n) is 14.2. The summed E-state index contributed by atoms with van der Waals surface area (Å²) in [7, 11) is 1.98. The molecule has 1 heterocycles. The fourth-order valence-electron chi connectivity index (χ4n) is 2.37. The summed E-state index contributed by atoms with van der Waals surface area (Å²) in [6.07, 6.45) is 0. The monoisotopic (exact) mass is 339 g/mol. The van der Waals surface area contributed by atoms with E-state index in [2.05, 4.69) is 41.4 Å². The van der Waals surface area contributed by atoms with Crippen LogP contribution in [0.2, 0.25) is 0 Å². The maximum Gasteiger partial charge on any atom is 0.191 e. The van der Waals surface area contributed by atoms with Crippen molar-refractivity contribution in [2.75, 3.05) is 0 Å². The molecule has 3 rings (SSSR count). The smallest absolute Gasteiger partial charge is 0.191 e. The van der Waals surface area contributed by atoms with Gasteiger partial charge in [-0.25, -0.2) is 0 Å². The fourth-order valence-corrected chi connectivity index (χ4v) is 3.38. The second kappa shape index (κ2) is 7.53. The lowest BCUT2D eigenvalue weighted by Crippen LogP contribution is -2.05. The number of nitrogens with zero attached hydrogens (tertiary/aromatic N) is 3. The molecule has 0 spiro atoms. The number of ether oxygens (including phenoxy) is 1. The third-order valence-electron chi connectivity index (χ3n) is 3.99. The van der Waals surface area contributed by atoms with E-state index in [1.165, 1.54) is 11.1 Å². The Balaban J connectivity index is 1.63. The van der Waals surface area contributed by atoms with E-state index in [9.17, 15) is 0 Å². The van der Waals surface area contributed by atoms with Gasteiger partial charge >= 0.3 is 0 Å². The van der Waals surface area contributed by atoms with Gasteiger partial charge in [-0.05, 0) is 36.6 Å². The van der Waals surface area contributed by atoms with Gasteiger partial charge in [-0.15, -0.1) is 10.2 Å². The molecule has 124 valence electrons. The first kappa shape index (κ1) is 16.6. The van der Waals surface area contributed by atoms with E-state index >= 15 is 0 Å². The Morgan fingerprint density at radius 3 is 2.42 bits per heavy atom. The lowest BCUT2D eigenvalue weighted by atomic mass is 10.1. The summed E-state index contributed by atoms with van der Waals surface area (Å²) >= 11 is 1.69. The summed E-state index contributed by atoms with van der Waals surface area (Å²) in [6, 6.07) is 16.4. The molecule has 0 saturated heterocycles. The molecule has 0 N–H and O–H groups in total. The van der Waals surface area contributed by atoms with Gasteiger partial charge in [-0.3, -0.25) is 0 Å². The van der Waals surface area contributed by atoms with Crippen LogP contribution in [0, 0.1) is 13.8 Å². The van der Waals surface area contributed by atoms with Crippen molar-refractivity contribution in [1.29, 1.82) is 0 Å². The van der Waals surface area contributed by atoms with E-state index in [4.69, 9.17) is 4.74 Å². The van der Waals surface area contributed by atoms with Gasteiger partial charge in [-0.2, -0.15) is 0 Å². The molecule has 0 aliphatic carbocycles. The summed E-state index contributed by atoms with van der Waals surface area (Å²) in [5, 5.41) is 9.46. The highest BCUT2D eigenvalue weighted by Gasteiger charge is 2.11. The average molecular weight is 339 g/mol. The number of para-hydroxylation sites is 1. The number of thioether (sulfide) groups is 1. The zero-order valence-corrected chi connectivity index (χ0v) is 15.0. The van der Waals surface area contributed by atoms with Gasteiger partial charge in [0.1, 0.15) is 12.4 Å². The van der Waals surface area contributed by atoms with E-state index < -0.39 is 0 Å². The zero-order chi connectivity index (χ0) is 16.9. The van der Waals surface area contributed by atoms with Crippen molar-refractivity contribution in [3.05, 3.63) is 71.0 Å². The van der Waals surface area contributed by atoms with Crippen molar-refractivity contribution in [1.82, 2.24) is 14.8 Å². The summed E-state index contributed by atoms with van der Waals surface area (Å²) in [5.41, 5.74) is 3.74. The molecular formula is C19H21N3OS. The van der Waals surface area contributed by atoms with Gasteiger partial charge in [0.2, 0.25) is 0 Å². The van der Waals surface area contributed by atoms with E-state index in [0.29, 0.717) is 6.61 Å². The largest absolute Gasteiger partial charge is 0.485 e. The number of hydrogen-bond acceptors (Lipinski definition) is 4. The minimum atomic E-state index is 0.416. The van der Waals surface area contributed by atoms with Crippen molar-refractivity contribution in [2.24, 2.45) is 7.05 Å². The van der Waals surface area contributed by atoms with Crippen LogP contribution in [0.25, 0.3) is 0 Å². The van der Waals surface area contributed by atoms with Crippen LogP contribution < -0.4 is 4.74 Å². The van der Waals surface area contributed by atoms with Crippen molar-refractivity contribution in [3.63, 3.8) is 0 Å². The predicted molar refractivity (Wildman–Crippen MR) is 97.3 cm³/mol. The lowest BCUT2D eigenvalue weighted by Gasteiger charge is -2.09. The fraction of sp³-hybridized carbons (Fsp3) is 0.263. The standard InChI is InChI=1S/C19H21N3OS/c1-14-8-4-6-10-16(14)13-24-19-21-20-18(22(19)3)12-23-17-11-7-5-9-15(17)2/h4-11H,12-13H2,1-3H3. The minimum Gasteiger partial charge on any atom is -0.485 e. The van der Waals surface area contributed by atoms with Crippen LogP contribution in [-0.4, -0.2) is 14.8 Å². The van der Waals surface area contributed by atoms with Crippen LogP contribution in [0.5, 0.6) is 5.75 Å². The maximum atomic E-state index is 5.87. The summed E-state index contributed by atoms with van der Waals surface area (Å²) < 4.78 is 7.87. The predicted octanol–water partition coefficient (Wildman–Crippen LogP) is 4.30. The summed E-state index contributed by atoms with van der Waals surface area (Å²) in [4.78, 5) is 0. The van der Waals surface area contributed by atoms with E-state index in [1.807, 2.05) is 42.8 Å². The normalized spacial score (nSPS) is 10.8. The first-order valence-corrected chi connectivity index (χ1v) is 8.87. The third kappa shape index (κ3) is 3.79. The molecule has 5 heteroatoms. The molecule has 24 heavy (non-hydrogen) atoms. The Labute approximate surface area is 146 Å². The number of aromatic nitrogens is 3. The SMILES string of the molecule is Cc1ccccc1CSc1nnc(COc2ccccc2C)n1C. The summed E-state index contributed by atoms with van der Waals surface area (Å²) in [6.45, 7) is 4.59. The van der Waals surface area contributed by atoms with Crippen LogP contribution in [0.1, 0.15) is 22.5 Å². The molecule has 0 amide bonds. The van der Waals surface area contributed by atoms with Gasteiger partial charge < -0.3 is 9.30 Å². The Morgan fingerprint density at radius 2 is 1.67 bits per heavy atom. The molecule has 3 aromatic rings. The molecule has 0 unspecified atom stereocenters. The molecule has 0 atom stereocenters. The van der Waals surface area contributed by atoms with E-state index in [1.54, 1.807) is 11.8 Å². The highest BCUT2D eigenvalue weighted by molar-refractivity contribution is 7.98. The molecule has 0 saturated carbocycles. The topological polar surface area (TPSA) is 39.9 Å². The highest BCUT2D eigenvalue weighted by Crippen LogP contribution is 2.23. The van der Waals surface area contributed by atoms with Crippen molar-refractivity contribution in [3.8, 4) is 5.75 Å². The number of rotatable bonds is 6. The van der Waals surface area contributed by atoms with E-state index in [-0.39, 0.29) is 0 Å². The molecular weight excluding hydrogens is 318 g/mol. The van der Waals surface area contributed by atoms with Gasteiger partial charge in [-0.1, -0.05) is 54.2 Å². The van der Waals surface area contributed by atoms with Crippen LogP contribution in [0.4, 0.5) is 0 Å². The molecule has 2 aromatic carbocycles. The Bertz CT molecular complexity index is 762. The Morgan fingerprint density at radius 1 is 0.958 bits per heavy atom. The molecule has 0 fully saturated rings. The van der Waals surface area contributed by atoms with Crippen LogP contribution in [0.15, 0.2) is 53.7 Å². The molecule has 0 aliphatic heterocycles. The molecule has 0 radical (unpaired) electrons. The van der Waals surface area contributed by atoms with E-state index in [0.717, 1.165) is 28.0 Å². The first-order valence-electron chi connectivity index (χ1n) is 7.89. The van der Waals surface area contributed by atoms with Crippen LogP contribution in [-0.2, 0) is 19.4 Å². The molecule has 0 aliphatic rings. The van der Waals surface area contributed by atoms with Crippen LogP contribution >= 0.6 is 11.8 Å². The van der Waals surface area contributed by atoms with Gasteiger partial charge in [0, 0.05) is 12.8 Å². The first-order chi connectivity index (χ1) is 11.6. The number of aryl methyl sites for hydroxylation is 2. The molecule has 4 nitrogen and oxygen atoms in total. The summed E-state index contributed by atoms with van der Waals surface area (Å²) in [5.74, 6) is 2.59. The van der Waals surface area contributed by atoms with Gasteiger partial charge in [0.05, 0.1) is 0 Å². The number of hydrogen-bond donors (Lipinski definition) is 0. The number of benzene rings is 2. The maximum absolute atomic E-state index is 5.87. The second-order valence-electron chi connectivity index (χ2n) is 5.73. The minimum absolute atomic E-state index is 0.416. The van der Waals surface area contributed by atoms with Gasteiger partial charge in [0.25, 0.3) is 0 Å². The quantitative estimate of drug-likeness (QED) is 0.628. The van der Waals surface area contributed by atoms with Crippen molar-refractivity contribution in [2.45, 2.75) is 31.4 Å². The van der Waals surface area contributed by atoms with Crippen molar-refractivity contribution >= 4 is 11.8 Å². The molecule has 0 bridgehead atoms. The lowest BCUT2D eigenvalue weighted by molar-refractivity contribution is 0.288. The highest BCUT2D eigenvalue weighted by atomic mass is 32.2. The van der Waals surface area contributed by atoms with Crippen LogP contribution in [0.3, 0.4) is 0 Å². The Kier molecular flexibility index (Phi) is 5.20. The second-order valence-corrected chi connectivity index (χ2v) is 6.67. The molecule has 1 aromatic heterocycles. The van der Waals surface area contributed by atoms with Crippen molar-refractivity contribution < 1.29 is 4.74 Å². The third-order valence-corrected chi connectivity index (χ3v) is 5.06. The average Bonchev–Trinajstić information content (AvgIpc) is 2.94. The van der Waals surface area contributed by atoms with Gasteiger partial charge in [0.15, 0.2) is 11.0 Å².